The SMILES string of the molecule is CCOC(=O)C1CCCCC1C(=O)O. The molecule has 14 heavy (non-hydrogen) atoms. The number of carboxylic acids is 1. The maximum atomic E-state index is 11.4. The molecular formula is C10H16O4. The molecule has 0 aromatic carbocycles. The van der Waals surface area contributed by atoms with Crippen LogP contribution < -0.4 is 0 Å². The zero-order valence-electron chi connectivity index (χ0n) is 8.36. The highest BCUT2D eigenvalue weighted by Gasteiger charge is 2.36. The van der Waals surface area contributed by atoms with Gasteiger partial charge in [0.2, 0.25) is 0 Å². The van der Waals surface area contributed by atoms with E-state index in [-0.39, 0.29) is 5.97 Å². The van der Waals surface area contributed by atoms with Gasteiger partial charge in [-0.1, -0.05) is 12.8 Å². The molecule has 4 nitrogen and oxygen atoms in total. The molecule has 1 rings (SSSR count). The van der Waals surface area contributed by atoms with E-state index in [1.165, 1.54) is 0 Å². The van der Waals surface area contributed by atoms with Crippen LogP contribution in [0.25, 0.3) is 0 Å². The lowest BCUT2D eigenvalue weighted by Crippen LogP contribution is -2.33. The molecule has 1 saturated carbocycles. The molecular weight excluding hydrogens is 184 g/mol. The van der Waals surface area contributed by atoms with Crippen molar-refractivity contribution in [2.24, 2.45) is 11.8 Å². The Morgan fingerprint density at radius 1 is 1.29 bits per heavy atom. The smallest absolute Gasteiger partial charge is 0.309 e. The average molecular weight is 200 g/mol. The number of carbonyl (C=O) groups excluding carboxylic acids is 1. The Balaban J connectivity index is 2.62. The number of ether oxygens (including phenoxy) is 1. The van der Waals surface area contributed by atoms with Gasteiger partial charge >= 0.3 is 11.9 Å². The van der Waals surface area contributed by atoms with E-state index in [9.17, 15) is 9.59 Å². The van der Waals surface area contributed by atoms with Crippen LogP contribution in [0.5, 0.6) is 0 Å². The molecule has 4 heteroatoms. The Labute approximate surface area is 83.2 Å². The van der Waals surface area contributed by atoms with Gasteiger partial charge in [0, 0.05) is 0 Å². The van der Waals surface area contributed by atoms with Crippen LogP contribution in [-0.2, 0) is 14.3 Å². The first kappa shape index (κ1) is 11.0. The van der Waals surface area contributed by atoms with Crippen LogP contribution >= 0.6 is 0 Å². The van der Waals surface area contributed by atoms with E-state index in [0.29, 0.717) is 19.4 Å². The fraction of sp³-hybridized carbons (Fsp3) is 0.800. The third-order valence-corrected chi connectivity index (χ3v) is 2.67. The van der Waals surface area contributed by atoms with Crippen LogP contribution in [0.1, 0.15) is 32.6 Å². The second-order valence-corrected chi connectivity index (χ2v) is 3.59. The summed E-state index contributed by atoms with van der Waals surface area (Å²) in [5, 5.41) is 8.92. The van der Waals surface area contributed by atoms with Crippen molar-refractivity contribution in [1.29, 1.82) is 0 Å². The average Bonchev–Trinajstić information content (AvgIpc) is 2.18. The monoisotopic (exact) mass is 200 g/mol. The quantitative estimate of drug-likeness (QED) is 0.700. The molecule has 0 spiro atoms. The molecule has 0 aliphatic heterocycles. The number of esters is 1. The second kappa shape index (κ2) is 4.98. The van der Waals surface area contributed by atoms with Crippen LogP contribution in [0.15, 0.2) is 0 Å². The Kier molecular flexibility index (Phi) is 3.92. The van der Waals surface area contributed by atoms with E-state index in [1.54, 1.807) is 6.92 Å². The third-order valence-electron chi connectivity index (χ3n) is 2.67. The molecule has 0 aromatic heterocycles. The summed E-state index contributed by atoms with van der Waals surface area (Å²) in [7, 11) is 0. The number of hydrogen-bond acceptors (Lipinski definition) is 3. The van der Waals surface area contributed by atoms with Crippen molar-refractivity contribution in [2.45, 2.75) is 32.6 Å². The van der Waals surface area contributed by atoms with Gasteiger partial charge in [-0.15, -0.1) is 0 Å². The summed E-state index contributed by atoms with van der Waals surface area (Å²) in [5.41, 5.74) is 0. The lowest BCUT2D eigenvalue weighted by atomic mass is 9.79. The van der Waals surface area contributed by atoms with E-state index >= 15 is 0 Å². The third kappa shape index (κ3) is 2.47. The molecule has 2 unspecified atom stereocenters. The molecule has 0 heterocycles. The Hall–Kier alpha value is -1.06. The molecule has 0 amide bonds. The molecule has 2 atom stereocenters. The zero-order chi connectivity index (χ0) is 10.6. The number of aliphatic carboxylic acids is 1. The van der Waals surface area contributed by atoms with Gasteiger partial charge in [-0.3, -0.25) is 9.59 Å². The number of carboxylic acid groups (broad SMARTS) is 1. The lowest BCUT2D eigenvalue weighted by Gasteiger charge is -2.26. The first-order chi connectivity index (χ1) is 6.66. The molecule has 0 saturated heterocycles. The largest absolute Gasteiger partial charge is 0.481 e. The summed E-state index contributed by atoms with van der Waals surface area (Å²) in [4.78, 5) is 22.3. The molecule has 0 radical (unpaired) electrons. The minimum atomic E-state index is -0.872. The van der Waals surface area contributed by atoms with Crippen LogP contribution in [-0.4, -0.2) is 23.7 Å². The highest BCUT2D eigenvalue weighted by atomic mass is 16.5. The highest BCUT2D eigenvalue weighted by Crippen LogP contribution is 2.31. The summed E-state index contributed by atoms with van der Waals surface area (Å²) in [6.45, 7) is 2.05. The topological polar surface area (TPSA) is 63.6 Å². The van der Waals surface area contributed by atoms with Crippen LogP contribution in [0, 0.1) is 11.8 Å². The van der Waals surface area contributed by atoms with Gasteiger partial charge in [0.25, 0.3) is 0 Å². The molecule has 1 aliphatic rings. The summed E-state index contributed by atoms with van der Waals surface area (Å²) in [6.07, 6.45) is 3.06. The van der Waals surface area contributed by atoms with Crippen molar-refractivity contribution in [1.82, 2.24) is 0 Å². The van der Waals surface area contributed by atoms with Gasteiger partial charge < -0.3 is 9.84 Å². The van der Waals surface area contributed by atoms with E-state index in [1.807, 2.05) is 0 Å². The fourth-order valence-corrected chi connectivity index (χ4v) is 1.96. The molecule has 1 fully saturated rings. The van der Waals surface area contributed by atoms with Crippen molar-refractivity contribution in [2.75, 3.05) is 6.61 Å². The van der Waals surface area contributed by atoms with Crippen molar-refractivity contribution in [3.63, 3.8) is 0 Å². The number of hydrogen-bond donors (Lipinski definition) is 1. The summed E-state index contributed by atoms with van der Waals surface area (Å²) in [6, 6.07) is 0. The molecule has 80 valence electrons. The molecule has 1 N–H and O–H groups in total. The standard InChI is InChI=1S/C10H16O4/c1-2-14-10(13)8-6-4-3-5-7(8)9(11)12/h7-8H,2-6H2,1H3,(H,11,12). The Morgan fingerprint density at radius 2 is 1.86 bits per heavy atom. The molecule has 0 bridgehead atoms. The predicted molar refractivity (Wildman–Crippen MR) is 49.7 cm³/mol. The van der Waals surface area contributed by atoms with Crippen molar-refractivity contribution in [3.8, 4) is 0 Å². The minimum Gasteiger partial charge on any atom is -0.481 e. The second-order valence-electron chi connectivity index (χ2n) is 3.59. The predicted octanol–water partition coefficient (Wildman–Crippen LogP) is 1.44. The number of rotatable bonds is 3. The van der Waals surface area contributed by atoms with E-state index in [0.717, 1.165) is 12.8 Å². The molecule has 1 aliphatic carbocycles. The van der Waals surface area contributed by atoms with E-state index in [4.69, 9.17) is 9.84 Å². The zero-order valence-corrected chi connectivity index (χ0v) is 8.36. The van der Waals surface area contributed by atoms with Crippen LogP contribution in [0.4, 0.5) is 0 Å². The van der Waals surface area contributed by atoms with Gasteiger partial charge in [0.15, 0.2) is 0 Å². The first-order valence-corrected chi connectivity index (χ1v) is 5.06. The van der Waals surface area contributed by atoms with Gasteiger partial charge in [-0.25, -0.2) is 0 Å². The van der Waals surface area contributed by atoms with E-state index < -0.39 is 17.8 Å². The summed E-state index contributed by atoms with van der Waals surface area (Å²) in [5.74, 6) is -2.19. The highest BCUT2D eigenvalue weighted by molar-refractivity contribution is 5.81. The number of carbonyl (C=O) groups is 2. The van der Waals surface area contributed by atoms with Gasteiger partial charge in [-0.05, 0) is 19.8 Å². The normalized spacial score (nSPS) is 26.9. The lowest BCUT2D eigenvalue weighted by molar-refractivity contribution is -0.159. The van der Waals surface area contributed by atoms with Crippen molar-refractivity contribution in [3.05, 3.63) is 0 Å². The van der Waals surface area contributed by atoms with Gasteiger partial charge in [0.05, 0.1) is 18.4 Å². The minimum absolute atomic E-state index is 0.321. The van der Waals surface area contributed by atoms with Gasteiger partial charge in [-0.2, -0.15) is 0 Å². The maximum Gasteiger partial charge on any atom is 0.309 e. The van der Waals surface area contributed by atoms with Crippen LogP contribution in [0.3, 0.4) is 0 Å². The summed E-state index contributed by atoms with van der Waals surface area (Å²) >= 11 is 0. The molecule has 0 aromatic rings. The summed E-state index contributed by atoms with van der Waals surface area (Å²) < 4.78 is 4.86. The fourth-order valence-electron chi connectivity index (χ4n) is 1.96. The maximum absolute atomic E-state index is 11.4. The van der Waals surface area contributed by atoms with Crippen molar-refractivity contribution < 1.29 is 19.4 Å². The van der Waals surface area contributed by atoms with Crippen molar-refractivity contribution >= 4 is 11.9 Å². The Morgan fingerprint density at radius 3 is 2.36 bits per heavy atom. The van der Waals surface area contributed by atoms with E-state index in [2.05, 4.69) is 0 Å². The van der Waals surface area contributed by atoms with Crippen LogP contribution in [0.2, 0.25) is 0 Å². The Bertz CT molecular complexity index is 224. The first-order valence-electron chi connectivity index (χ1n) is 5.06. The van der Waals surface area contributed by atoms with Gasteiger partial charge in [0.1, 0.15) is 0 Å².